The van der Waals surface area contributed by atoms with Crippen molar-refractivity contribution in [3.8, 4) is 5.75 Å². The third kappa shape index (κ3) is 3.82. The molecule has 2 aromatic rings. The molecule has 3 unspecified atom stereocenters. The van der Waals surface area contributed by atoms with Crippen LogP contribution < -0.4 is 5.30 Å². The Morgan fingerprint density at radius 1 is 1.08 bits per heavy atom. The molecule has 0 heterocycles. The van der Waals surface area contributed by atoms with Gasteiger partial charge in [-0.2, -0.15) is 0 Å². The Morgan fingerprint density at radius 3 is 2.33 bits per heavy atom. The SMILES string of the molecule is CCC(C)(Pc1ccc(C)cc1C(C)O)c1cc(C)cc(C)c1O. The standard InChI is InChI=1S/C21H29O2P/c1-7-21(6,18-12-14(3)10-15(4)20(18)23)24-19-9-8-13(2)11-17(19)16(5)22/h8-12,16,22-24H,7H2,1-6H3. The lowest BCUT2D eigenvalue weighted by Crippen LogP contribution is -2.21. The first-order valence-corrected chi connectivity index (χ1v) is 9.55. The van der Waals surface area contributed by atoms with Gasteiger partial charge in [-0.25, -0.2) is 0 Å². The molecule has 0 radical (unpaired) electrons. The molecule has 2 aromatic carbocycles. The van der Waals surface area contributed by atoms with Gasteiger partial charge in [0.25, 0.3) is 0 Å². The second-order valence-corrected chi connectivity index (χ2v) is 8.95. The fraction of sp³-hybridized carbons (Fsp3) is 0.429. The average molecular weight is 344 g/mol. The van der Waals surface area contributed by atoms with Crippen LogP contribution in [0.1, 0.15) is 61.1 Å². The number of aliphatic hydroxyl groups excluding tert-OH is 1. The number of benzene rings is 2. The van der Waals surface area contributed by atoms with E-state index < -0.39 is 6.10 Å². The van der Waals surface area contributed by atoms with Gasteiger partial charge in [0.1, 0.15) is 5.75 Å². The first kappa shape index (κ1) is 19.0. The lowest BCUT2D eigenvalue weighted by molar-refractivity contribution is 0.200. The molecule has 0 aliphatic heterocycles. The maximum Gasteiger partial charge on any atom is 0.122 e. The van der Waals surface area contributed by atoms with E-state index in [1.807, 2.05) is 26.8 Å². The molecule has 0 saturated heterocycles. The summed E-state index contributed by atoms with van der Waals surface area (Å²) in [4.78, 5) is 0. The van der Waals surface area contributed by atoms with Crippen molar-refractivity contribution in [3.63, 3.8) is 0 Å². The smallest absolute Gasteiger partial charge is 0.122 e. The Morgan fingerprint density at radius 2 is 1.75 bits per heavy atom. The van der Waals surface area contributed by atoms with Gasteiger partial charge in [-0.1, -0.05) is 63.9 Å². The van der Waals surface area contributed by atoms with Crippen molar-refractivity contribution in [2.45, 2.75) is 59.2 Å². The first-order chi connectivity index (χ1) is 11.2. The minimum atomic E-state index is -0.485. The Labute approximate surface area is 147 Å². The van der Waals surface area contributed by atoms with Crippen LogP contribution in [0.15, 0.2) is 30.3 Å². The topological polar surface area (TPSA) is 40.5 Å². The Bertz CT molecular complexity index is 737. The van der Waals surface area contributed by atoms with Gasteiger partial charge in [0.2, 0.25) is 0 Å². The quantitative estimate of drug-likeness (QED) is 0.749. The second kappa shape index (κ2) is 7.25. The zero-order chi connectivity index (χ0) is 18.1. The van der Waals surface area contributed by atoms with Crippen LogP contribution in [0.25, 0.3) is 0 Å². The van der Waals surface area contributed by atoms with Gasteiger partial charge in [-0.15, -0.1) is 0 Å². The zero-order valence-electron chi connectivity index (χ0n) is 15.6. The number of aromatic hydroxyl groups is 1. The first-order valence-electron chi connectivity index (χ1n) is 8.55. The van der Waals surface area contributed by atoms with Crippen LogP contribution in [0, 0.1) is 20.8 Å². The molecular weight excluding hydrogens is 315 g/mol. The average Bonchev–Trinajstić information content (AvgIpc) is 2.52. The number of phenols is 1. The monoisotopic (exact) mass is 344 g/mol. The normalized spacial score (nSPS) is 15.6. The molecule has 130 valence electrons. The third-order valence-corrected chi connectivity index (χ3v) is 6.71. The summed E-state index contributed by atoms with van der Waals surface area (Å²) in [7, 11) is 0.483. The molecule has 0 bridgehead atoms. The van der Waals surface area contributed by atoms with Crippen LogP contribution >= 0.6 is 8.58 Å². The summed E-state index contributed by atoms with van der Waals surface area (Å²) in [5.41, 5.74) is 5.26. The summed E-state index contributed by atoms with van der Waals surface area (Å²) in [6, 6.07) is 10.4. The van der Waals surface area contributed by atoms with Crippen molar-refractivity contribution in [3.05, 3.63) is 58.1 Å². The minimum Gasteiger partial charge on any atom is -0.507 e. The fourth-order valence-corrected chi connectivity index (χ4v) is 4.85. The van der Waals surface area contributed by atoms with Crippen LogP contribution in [0.3, 0.4) is 0 Å². The molecule has 0 aliphatic carbocycles. The van der Waals surface area contributed by atoms with E-state index >= 15 is 0 Å². The van der Waals surface area contributed by atoms with Crippen LogP contribution in [0.2, 0.25) is 0 Å². The predicted octanol–water partition coefficient (Wildman–Crippen LogP) is 5.00. The highest BCUT2D eigenvalue weighted by Gasteiger charge is 2.30. The summed E-state index contributed by atoms with van der Waals surface area (Å²) >= 11 is 0. The molecule has 0 saturated carbocycles. The number of aliphatic hydroxyl groups is 1. The molecule has 2 nitrogen and oxygen atoms in total. The lowest BCUT2D eigenvalue weighted by atomic mass is 9.93. The summed E-state index contributed by atoms with van der Waals surface area (Å²) in [5.74, 6) is 0.406. The van der Waals surface area contributed by atoms with E-state index in [-0.39, 0.29) is 5.16 Å². The molecule has 2 rings (SSSR count). The van der Waals surface area contributed by atoms with Crippen LogP contribution in [-0.2, 0) is 5.16 Å². The Kier molecular flexibility index (Phi) is 5.73. The van der Waals surface area contributed by atoms with Gasteiger partial charge in [0.15, 0.2) is 0 Å². The number of hydrogen-bond acceptors (Lipinski definition) is 2. The summed E-state index contributed by atoms with van der Waals surface area (Å²) in [6.45, 7) is 12.3. The molecule has 24 heavy (non-hydrogen) atoms. The maximum atomic E-state index is 10.6. The fourth-order valence-electron chi connectivity index (χ4n) is 3.17. The van der Waals surface area contributed by atoms with Crippen molar-refractivity contribution in [2.24, 2.45) is 0 Å². The number of hydrogen-bond donors (Lipinski definition) is 2. The van der Waals surface area contributed by atoms with E-state index in [1.54, 1.807) is 0 Å². The molecule has 0 spiro atoms. The van der Waals surface area contributed by atoms with Gasteiger partial charge in [-0.05, 0) is 50.5 Å². The summed E-state index contributed by atoms with van der Waals surface area (Å²) in [5, 5.41) is 21.8. The predicted molar refractivity (Wildman–Crippen MR) is 105 cm³/mol. The van der Waals surface area contributed by atoms with Crippen molar-refractivity contribution < 1.29 is 10.2 Å². The molecule has 0 amide bonds. The van der Waals surface area contributed by atoms with E-state index in [9.17, 15) is 10.2 Å². The van der Waals surface area contributed by atoms with E-state index in [0.29, 0.717) is 14.3 Å². The molecule has 3 atom stereocenters. The molecule has 2 N–H and O–H groups in total. The van der Waals surface area contributed by atoms with Gasteiger partial charge in [0.05, 0.1) is 6.10 Å². The lowest BCUT2D eigenvalue weighted by Gasteiger charge is -2.32. The Hall–Kier alpha value is -1.37. The van der Waals surface area contributed by atoms with Crippen LogP contribution in [0.4, 0.5) is 0 Å². The molecular formula is C21H29O2P. The largest absolute Gasteiger partial charge is 0.507 e. The molecule has 0 aromatic heterocycles. The number of rotatable bonds is 5. The van der Waals surface area contributed by atoms with Gasteiger partial charge in [0, 0.05) is 10.7 Å². The van der Waals surface area contributed by atoms with Crippen LogP contribution in [-0.4, -0.2) is 10.2 Å². The van der Waals surface area contributed by atoms with Crippen molar-refractivity contribution in [2.75, 3.05) is 0 Å². The van der Waals surface area contributed by atoms with Gasteiger partial charge < -0.3 is 10.2 Å². The molecule has 3 heteroatoms. The van der Waals surface area contributed by atoms with Gasteiger partial charge in [-0.3, -0.25) is 0 Å². The molecule has 0 fully saturated rings. The highest BCUT2D eigenvalue weighted by atomic mass is 31.1. The summed E-state index contributed by atoms with van der Waals surface area (Å²) < 4.78 is 0. The number of phenolic OH excluding ortho intramolecular Hbond substituents is 1. The minimum absolute atomic E-state index is 0.153. The van der Waals surface area contributed by atoms with Crippen molar-refractivity contribution in [1.82, 2.24) is 0 Å². The third-order valence-electron chi connectivity index (χ3n) is 4.81. The maximum absolute atomic E-state index is 10.6. The second-order valence-electron chi connectivity index (χ2n) is 7.06. The number of aryl methyl sites for hydroxylation is 3. The van der Waals surface area contributed by atoms with E-state index in [4.69, 9.17) is 0 Å². The van der Waals surface area contributed by atoms with E-state index in [0.717, 1.165) is 28.7 Å². The Balaban J connectivity index is 2.53. The van der Waals surface area contributed by atoms with Gasteiger partial charge >= 0.3 is 0 Å². The van der Waals surface area contributed by atoms with Crippen molar-refractivity contribution in [1.29, 1.82) is 0 Å². The highest BCUT2D eigenvalue weighted by molar-refractivity contribution is 7.48. The van der Waals surface area contributed by atoms with Crippen LogP contribution in [0.5, 0.6) is 5.75 Å². The zero-order valence-corrected chi connectivity index (χ0v) is 16.6. The summed E-state index contributed by atoms with van der Waals surface area (Å²) in [6.07, 6.45) is 0.441. The highest BCUT2D eigenvalue weighted by Crippen LogP contribution is 2.48. The van der Waals surface area contributed by atoms with Crippen molar-refractivity contribution >= 4 is 13.9 Å². The van der Waals surface area contributed by atoms with E-state index in [1.165, 1.54) is 10.9 Å². The molecule has 0 aliphatic rings. The van der Waals surface area contributed by atoms with E-state index in [2.05, 4.69) is 45.0 Å².